The second-order valence-corrected chi connectivity index (χ2v) is 14.5. The van der Waals surface area contributed by atoms with Crippen molar-refractivity contribution in [2.45, 2.75) is 12.0 Å². The van der Waals surface area contributed by atoms with Crippen LogP contribution in [0.3, 0.4) is 0 Å². The second-order valence-electron chi connectivity index (χ2n) is 12.4. The van der Waals surface area contributed by atoms with Crippen LogP contribution in [0, 0.1) is 0 Å². The summed E-state index contributed by atoms with van der Waals surface area (Å²) in [5, 5.41) is 7.15. The number of ether oxygens (including phenoxy) is 1. The van der Waals surface area contributed by atoms with Crippen LogP contribution in [-0.4, -0.2) is 6.10 Å². The van der Waals surface area contributed by atoms with Crippen LogP contribution in [0.4, 0.5) is 11.4 Å². The number of allylic oxidation sites excluding steroid dienone is 1. The maximum atomic E-state index is 6.91. The summed E-state index contributed by atoms with van der Waals surface area (Å²) in [5.41, 5.74) is 8.29. The van der Waals surface area contributed by atoms with Gasteiger partial charge in [0.05, 0.1) is 0 Å². The summed E-state index contributed by atoms with van der Waals surface area (Å²) in [6, 6.07) is 50.4. The van der Waals surface area contributed by atoms with Gasteiger partial charge >= 0.3 is 0 Å². The Bertz CT molecular complexity index is 2510. The molecule has 0 saturated carbocycles. The Morgan fingerprint density at radius 1 is 0.562 bits per heavy atom. The summed E-state index contributed by atoms with van der Waals surface area (Å²) in [6.45, 7) is 0. The number of fused-ring (bicyclic) bond motifs is 9. The molecule has 228 valence electrons. The minimum atomic E-state index is -0.0985. The van der Waals surface area contributed by atoms with Crippen molar-refractivity contribution in [3.05, 3.63) is 174 Å². The van der Waals surface area contributed by atoms with E-state index in [1.807, 2.05) is 11.3 Å². The lowest BCUT2D eigenvalue weighted by atomic mass is 9.85. The molecule has 1 aliphatic carbocycles. The zero-order valence-electron chi connectivity index (χ0n) is 25.9. The minimum Gasteiger partial charge on any atom is -0.484 e. The van der Waals surface area contributed by atoms with Crippen LogP contribution in [-0.2, 0) is 0 Å². The minimum absolute atomic E-state index is 0.0985. The van der Waals surface area contributed by atoms with Crippen LogP contribution >= 0.6 is 22.7 Å². The first kappa shape index (κ1) is 27.7. The first-order valence-corrected chi connectivity index (χ1v) is 18.0. The van der Waals surface area contributed by atoms with Gasteiger partial charge in [-0.2, -0.15) is 0 Å². The Morgan fingerprint density at radius 2 is 1.19 bits per heavy atom. The lowest BCUT2D eigenvalue weighted by Crippen LogP contribution is -2.24. The van der Waals surface area contributed by atoms with Crippen molar-refractivity contribution < 1.29 is 4.74 Å². The van der Waals surface area contributed by atoms with E-state index >= 15 is 0 Å². The summed E-state index contributed by atoms with van der Waals surface area (Å²) >= 11 is 3.66. The molecule has 3 heterocycles. The molecule has 2 nitrogen and oxygen atoms in total. The van der Waals surface area contributed by atoms with Gasteiger partial charge in [0, 0.05) is 48.2 Å². The molecule has 0 saturated heterocycles. The predicted octanol–water partition coefficient (Wildman–Crippen LogP) is 12.7. The predicted molar refractivity (Wildman–Crippen MR) is 205 cm³/mol. The van der Waals surface area contributed by atoms with Gasteiger partial charge in [-0.05, 0) is 86.8 Å². The number of hydrogen-bond acceptors (Lipinski definition) is 4. The largest absolute Gasteiger partial charge is 0.484 e. The van der Waals surface area contributed by atoms with E-state index in [0.717, 1.165) is 22.8 Å². The third-order valence-electron chi connectivity index (χ3n) is 9.71. The molecule has 4 heteroatoms. The maximum absolute atomic E-state index is 6.91. The number of thiophene rings is 2. The van der Waals surface area contributed by atoms with Gasteiger partial charge in [0.15, 0.2) is 0 Å². The molecule has 2 aliphatic rings. The van der Waals surface area contributed by atoms with Crippen molar-refractivity contribution >= 4 is 65.0 Å². The van der Waals surface area contributed by atoms with Crippen LogP contribution in [0.25, 0.3) is 52.5 Å². The van der Waals surface area contributed by atoms with E-state index in [-0.39, 0.29) is 12.0 Å². The van der Waals surface area contributed by atoms with E-state index in [4.69, 9.17) is 4.74 Å². The molecule has 2 unspecified atom stereocenters. The molecule has 0 radical (unpaired) electrons. The molecule has 2 aromatic heterocycles. The zero-order valence-corrected chi connectivity index (χ0v) is 27.5. The molecule has 0 spiro atoms. The molecule has 10 rings (SSSR count). The van der Waals surface area contributed by atoms with Gasteiger partial charge in [0.25, 0.3) is 0 Å². The highest BCUT2D eigenvalue weighted by molar-refractivity contribution is 7.28. The van der Waals surface area contributed by atoms with Crippen LogP contribution in [0.5, 0.6) is 5.75 Å². The Hall–Kier alpha value is -5.42. The fourth-order valence-corrected chi connectivity index (χ4v) is 9.56. The Kier molecular flexibility index (Phi) is 6.39. The fraction of sp³-hybridized carbons (Fsp3) is 0.0455. The molecule has 8 aromatic rings. The van der Waals surface area contributed by atoms with Crippen molar-refractivity contribution in [1.29, 1.82) is 0 Å². The Morgan fingerprint density at radius 3 is 1.92 bits per heavy atom. The van der Waals surface area contributed by atoms with Crippen molar-refractivity contribution in [3.63, 3.8) is 0 Å². The van der Waals surface area contributed by atoms with E-state index in [1.165, 1.54) is 58.1 Å². The van der Waals surface area contributed by atoms with Gasteiger partial charge in [-0.25, -0.2) is 0 Å². The van der Waals surface area contributed by atoms with Gasteiger partial charge in [-0.15, -0.1) is 22.7 Å². The third-order valence-corrected chi connectivity index (χ3v) is 11.9. The summed E-state index contributed by atoms with van der Waals surface area (Å²) in [7, 11) is 0. The lowest BCUT2D eigenvalue weighted by molar-refractivity contribution is 0.270. The van der Waals surface area contributed by atoms with Crippen molar-refractivity contribution in [2.75, 3.05) is 4.90 Å². The molecule has 6 aromatic carbocycles. The fourth-order valence-electron chi connectivity index (χ4n) is 7.45. The number of rotatable bonds is 5. The number of anilines is 2. The van der Waals surface area contributed by atoms with Crippen molar-refractivity contribution in [2.24, 2.45) is 0 Å². The van der Waals surface area contributed by atoms with Gasteiger partial charge in [0.2, 0.25) is 0 Å². The quantitative estimate of drug-likeness (QED) is 0.172. The number of nitrogens with zero attached hydrogens (tertiary/aromatic N) is 1. The monoisotopic (exact) mass is 651 g/mol. The van der Waals surface area contributed by atoms with Gasteiger partial charge in [-0.1, -0.05) is 109 Å². The van der Waals surface area contributed by atoms with Crippen molar-refractivity contribution in [1.82, 2.24) is 0 Å². The van der Waals surface area contributed by atoms with Crippen LogP contribution < -0.4 is 9.64 Å². The smallest absolute Gasteiger partial charge is 0.132 e. The highest BCUT2D eigenvalue weighted by Gasteiger charge is 2.37. The molecule has 0 amide bonds. The normalized spacial score (nSPS) is 16.5. The van der Waals surface area contributed by atoms with Crippen molar-refractivity contribution in [3.8, 4) is 27.3 Å². The maximum Gasteiger partial charge on any atom is 0.132 e. The van der Waals surface area contributed by atoms with E-state index in [1.54, 1.807) is 11.3 Å². The molecule has 2 atom stereocenters. The zero-order chi connectivity index (χ0) is 31.6. The Balaban J connectivity index is 1.06. The van der Waals surface area contributed by atoms with Crippen LogP contribution in [0.1, 0.15) is 11.5 Å². The highest BCUT2D eigenvalue weighted by Crippen LogP contribution is 2.51. The molecule has 1 aliphatic heterocycles. The van der Waals surface area contributed by atoms with Gasteiger partial charge < -0.3 is 9.64 Å². The van der Waals surface area contributed by atoms with E-state index in [9.17, 15) is 0 Å². The average molecular weight is 652 g/mol. The average Bonchev–Trinajstić information content (AvgIpc) is 3.87. The number of hydrogen-bond donors (Lipinski definition) is 0. The molecule has 0 bridgehead atoms. The SMILES string of the molecule is C1=CC2c3c(c4ccccc4c4ccccc34)OC2C=C1N(c1ccc(-c2ccccc2)cc1)c1ccc(-c2cc3sccc3s2)cc1. The van der Waals surface area contributed by atoms with Crippen LogP contribution in [0.2, 0.25) is 0 Å². The first-order valence-electron chi connectivity index (χ1n) is 16.3. The molecule has 48 heavy (non-hydrogen) atoms. The topological polar surface area (TPSA) is 12.5 Å². The molecular weight excluding hydrogens is 623 g/mol. The van der Waals surface area contributed by atoms with E-state index < -0.39 is 0 Å². The Labute approximate surface area is 287 Å². The first-order chi connectivity index (χ1) is 23.8. The second kappa shape index (κ2) is 11.1. The number of benzene rings is 6. The summed E-state index contributed by atoms with van der Waals surface area (Å²) < 4.78 is 9.61. The lowest BCUT2D eigenvalue weighted by Gasteiger charge is -2.30. The standard InChI is InChI=1S/C44H29NOS2/c1-2-8-28(9-3-1)29-14-18-31(19-15-29)45(32-20-16-30(17-21-32)41-27-42-40(48-41)24-25-47-42)33-22-23-38-39(26-33)46-44-37-13-7-5-11-35(37)34-10-4-6-12-36(34)43(38)44/h1-27,38-39H. The van der Waals surface area contributed by atoms with Gasteiger partial charge in [-0.3, -0.25) is 0 Å². The third kappa shape index (κ3) is 4.45. The summed E-state index contributed by atoms with van der Waals surface area (Å²) in [4.78, 5) is 3.67. The van der Waals surface area contributed by atoms with E-state index in [2.05, 4.69) is 168 Å². The molecule has 0 N–H and O–H groups in total. The van der Waals surface area contributed by atoms with Gasteiger partial charge in [0.1, 0.15) is 11.9 Å². The highest BCUT2D eigenvalue weighted by atomic mass is 32.1. The summed E-state index contributed by atoms with van der Waals surface area (Å²) in [5.74, 6) is 1.16. The van der Waals surface area contributed by atoms with Crippen LogP contribution in [0.15, 0.2) is 169 Å². The molecule has 0 fully saturated rings. The van der Waals surface area contributed by atoms with E-state index in [0.29, 0.717) is 0 Å². The summed E-state index contributed by atoms with van der Waals surface area (Å²) in [6.07, 6.45) is 6.86. The molecular formula is C44H29NOS2.